The molecule has 0 saturated heterocycles. The Hall–Kier alpha value is -3.44. The highest BCUT2D eigenvalue weighted by Gasteiger charge is 2.19. The molecule has 0 amide bonds. The summed E-state index contributed by atoms with van der Waals surface area (Å²) in [6.07, 6.45) is 0. The molecule has 0 unspecified atom stereocenters. The number of aromatic nitrogens is 4. The fourth-order valence-electron chi connectivity index (χ4n) is 3.54. The third-order valence-electron chi connectivity index (χ3n) is 4.77. The molecule has 0 aliphatic rings. The zero-order valence-corrected chi connectivity index (χ0v) is 15.8. The number of hydrogen-bond donors (Lipinski definition) is 0. The van der Waals surface area contributed by atoms with E-state index >= 15 is 0 Å². The molecular formula is C22H15ClN4O. The molecule has 0 fully saturated rings. The zero-order valence-electron chi connectivity index (χ0n) is 15.0. The SMILES string of the molecule is Cc1nn(-c2ccccc2)c2nc3cccc(=O)n3c(-c3ccc(Cl)cc3)c12. The number of halogens is 1. The summed E-state index contributed by atoms with van der Waals surface area (Å²) in [5.41, 5.74) is 4.50. The Kier molecular flexibility index (Phi) is 3.77. The van der Waals surface area contributed by atoms with Crippen LogP contribution in [0.1, 0.15) is 5.69 Å². The molecule has 0 radical (unpaired) electrons. The first-order chi connectivity index (χ1) is 13.6. The minimum Gasteiger partial charge on any atom is -0.269 e. The van der Waals surface area contributed by atoms with Gasteiger partial charge in [-0.2, -0.15) is 5.10 Å². The average molecular weight is 387 g/mol. The Morgan fingerprint density at radius 2 is 1.64 bits per heavy atom. The number of hydrogen-bond acceptors (Lipinski definition) is 3. The molecule has 136 valence electrons. The number of rotatable bonds is 2. The van der Waals surface area contributed by atoms with Crippen molar-refractivity contribution >= 4 is 28.3 Å². The minimum absolute atomic E-state index is 0.135. The fraction of sp³-hybridized carbons (Fsp3) is 0.0455. The molecule has 5 aromatic rings. The van der Waals surface area contributed by atoms with Crippen molar-refractivity contribution in [2.24, 2.45) is 0 Å². The van der Waals surface area contributed by atoms with E-state index in [0.29, 0.717) is 16.3 Å². The Morgan fingerprint density at radius 1 is 0.893 bits per heavy atom. The second kappa shape index (κ2) is 6.32. The Morgan fingerprint density at radius 3 is 2.39 bits per heavy atom. The molecule has 6 heteroatoms. The summed E-state index contributed by atoms with van der Waals surface area (Å²) < 4.78 is 3.46. The summed E-state index contributed by atoms with van der Waals surface area (Å²) in [5.74, 6) is 0. The molecule has 0 spiro atoms. The monoisotopic (exact) mass is 386 g/mol. The van der Waals surface area contributed by atoms with Crippen LogP contribution in [0.15, 0.2) is 77.6 Å². The van der Waals surface area contributed by atoms with Gasteiger partial charge in [0.05, 0.1) is 22.5 Å². The number of pyridine rings is 1. The maximum Gasteiger partial charge on any atom is 0.256 e. The number of fused-ring (bicyclic) bond motifs is 2. The number of benzene rings is 2. The van der Waals surface area contributed by atoms with Gasteiger partial charge >= 0.3 is 0 Å². The maximum atomic E-state index is 12.7. The lowest BCUT2D eigenvalue weighted by atomic mass is 10.1. The third kappa shape index (κ3) is 2.52. The standard InChI is InChI=1S/C22H15ClN4O/c1-14-20-21(15-10-12-16(23)13-11-15)26-18(8-5-9-19(26)28)24-22(20)27(25-14)17-6-3-2-4-7-17/h2-13H,1H3. The molecule has 0 atom stereocenters. The lowest BCUT2D eigenvalue weighted by Crippen LogP contribution is -2.15. The first-order valence-electron chi connectivity index (χ1n) is 8.86. The van der Waals surface area contributed by atoms with Gasteiger partial charge in [-0.05, 0) is 42.8 Å². The molecule has 5 rings (SSSR count). The van der Waals surface area contributed by atoms with Gasteiger partial charge in [-0.1, -0.05) is 48.0 Å². The number of aryl methyl sites for hydroxylation is 1. The highest BCUT2D eigenvalue weighted by Crippen LogP contribution is 2.32. The van der Waals surface area contributed by atoms with E-state index in [-0.39, 0.29) is 5.56 Å². The van der Waals surface area contributed by atoms with Crippen LogP contribution in [0.25, 0.3) is 33.6 Å². The van der Waals surface area contributed by atoms with Crippen molar-refractivity contribution in [1.29, 1.82) is 0 Å². The van der Waals surface area contributed by atoms with Gasteiger partial charge in [0.25, 0.3) is 5.56 Å². The van der Waals surface area contributed by atoms with E-state index < -0.39 is 0 Å². The Bertz CT molecular complexity index is 1390. The lowest BCUT2D eigenvalue weighted by molar-refractivity contribution is 0.878. The van der Waals surface area contributed by atoms with E-state index in [9.17, 15) is 4.79 Å². The molecule has 3 aromatic heterocycles. The Balaban J connectivity index is 1.99. The normalized spacial score (nSPS) is 11.4. The minimum atomic E-state index is -0.135. The fourth-order valence-corrected chi connectivity index (χ4v) is 3.66. The maximum absolute atomic E-state index is 12.7. The summed E-state index contributed by atoms with van der Waals surface area (Å²) >= 11 is 6.08. The van der Waals surface area contributed by atoms with Gasteiger partial charge in [-0.3, -0.25) is 9.20 Å². The predicted octanol–water partition coefficient (Wildman–Crippen LogP) is 4.66. The van der Waals surface area contributed by atoms with Crippen molar-refractivity contribution in [3.05, 3.63) is 93.9 Å². The van der Waals surface area contributed by atoms with Gasteiger partial charge < -0.3 is 0 Å². The van der Waals surface area contributed by atoms with Crippen LogP contribution in [0.3, 0.4) is 0 Å². The van der Waals surface area contributed by atoms with Crippen LogP contribution >= 0.6 is 11.6 Å². The van der Waals surface area contributed by atoms with Crippen LogP contribution < -0.4 is 5.56 Å². The summed E-state index contributed by atoms with van der Waals surface area (Å²) in [4.78, 5) is 17.5. The van der Waals surface area contributed by atoms with Crippen molar-refractivity contribution in [1.82, 2.24) is 19.2 Å². The molecule has 2 aromatic carbocycles. The summed E-state index contributed by atoms with van der Waals surface area (Å²) in [7, 11) is 0. The van der Waals surface area contributed by atoms with Gasteiger partial charge in [0.2, 0.25) is 0 Å². The van der Waals surface area contributed by atoms with Crippen molar-refractivity contribution < 1.29 is 0 Å². The van der Waals surface area contributed by atoms with Gasteiger partial charge in [0.1, 0.15) is 5.65 Å². The molecule has 0 saturated carbocycles. The second-order valence-corrected chi connectivity index (χ2v) is 6.99. The molecular weight excluding hydrogens is 372 g/mol. The van der Waals surface area contributed by atoms with Crippen LogP contribution in [0, 0.1) is 6.92 Å². The summed E-state index contributed by atoms with van der Waals surface area (Å²) in [6, 6.07) is 22.4. The van der Waals surface area contributed by atoms with Crippen LogP contribution in [0.4, 0.5) is 0 Å². The van der Waals surface area contributed by atoms with Crippen molar-refractivity contribution in [3.63, 3.8) is 0 Å². The van der Waals surface area contributed by atoms with Gasteiger partial charge in [0, 0.05) is 11.1 Å². The quantitative estimate of drug-likeness (QED) is 0.443. The molecule has 0 bridgehead atoms. The molecule has 5 nitrogen and oxygen atoms in total. The van der Waals surface area contributed by atoms with Crippen molar-refractivity contribution in [3.8, 4) is 16.9 Å². The van der Waals surface area contributed by atoms with Crippen LogP contribution in [-0.2, 0) is 0 Å². The largest absolute Gasteiger partial charge is 0.269 e. The van der Waals surface area contributed by atoms with Crippen molar-refractivity contribution in [2.75, 3.05) is 0 Å². The molecule has 3 heterocycles. The van der Waals surface area contributed by atoms with E-state index in [1.165, 1.54) is 6.07 Å². The van der Waals surface area contributed by atoms with Crippen LogP contribution in [0.2, 0.25) is 5.02 Å². The van der Waals surface area contributed by atoms with E-state index in [2.05, 4.69) is 0 Å². The zero-order chi connectivity index (χ0) is 19.3. The summed E-state index contributed by atoms with van der Waals surface area (Å²) in [5, 5.41) is 6.21. The first-order valence-corrected chi connectivity index (χ1v) is 9.24. The van der Waals surface area contributed by atoms with Gasteiger partial charge in [-0.15, -0.1) is 0 Å². The average Bonchev–Trinajstić information content (AvgIpc) is 3.04. The molecule has 0 aliphatic carbocycles. The molecule has 28 heavy (non-hydrogen) atoms. The third-order valence-corrected chi connectivity index (χ3v) is 5.02. The number of nitrogens with zero attached hydrogens (tertiary/aromatic N) is 4. The highest BCUT2D eigenvalue weighted by molar-refractivity contribution is 6.30. The smallest absolute Gasteiger partial charge is 0.256 e. The molecule has 0 aliphatic heterocycles. The van der Waals surface area contributed by atoms with Crippen molar-refractivity contribution in [2.45, 2.75) is 6.92 Å². The highest BCUT2D eigenvalue weighted by atomic mass is 35.5. The first kappa shape index (κ1) is 16.7. The summed E-state index contributed by atoms with van der Waals surface area (Å²) in [6.45, 7) is 1.93. The predicted molar refractivity (Wildman–Crippen MR) is 111 cm³/mol. The van der Waals surface area contributed by atoms with Crippen LogP contribution in [0.5, 0.6) is 0 Å². The van der Waals surface area contributed by atoms with E-state index in [0.717, 1.165) is 28.0 Å². The van der Waals surface area contributed by atoms with E-state index in [4.69, 9.17) is 21.7 Å². The van der Waals surface area contributed by atoms with Crippen LogP contribution in [-0.4, -0.2) is 19.2 Å². The van der Waals surface area contributed by atoms with Gasteiger partial charge in [-0.25, -0.2) is 9.67 Å². The topological polar surface area (TPSA) is 52.2 Å². The number of para-hydroxylation sites is 1. The second-order valence-electron chi connectivity index (χ2n) is 6.56. The van der Waals surface area contributed by atoms with E-state index in [1.807, 2.05) is 72.3 Å². The Labute approximate surface area is 165 Å². The van der Waals surface area contributed by atoms with Gasteiger partial charge in [0.15, 0.2) is 5.65 Å². The molecule has 0 N–H and O–H groups in total. The van der Waals surface area contributed by atoms with E-state index in [1.54, 1.807) is 10.5 Å². The lowest BCUT2D eigenvalue weighted by Gasteiger charge is -2.11.